The van der Waals surface area contributed by atoms with Crippen molar-refractivity contribution in [2.45, 2.75) is 32.1 Å². The number of benzene rings is 1. The third kappa shape index (κ3) is 3.54. The number of fused-ring (bicyclic) bond motifs is 2. The van der Waals surface area contributed by atoms with Crippen molar-refractivity contribution in [1.29, 1.82) is 0 Å². The lowest BCUT2D eigenvalue weighted by atomic mass is 9.86. The van der Waals surface area contributed by atoms with Crippen LogP contribution in [0.5, 0.6) is 0 Å². The lowest BCUT2D eigenvalue weighted by Gasteiger charge is -2.20. The van der Waals surface area contributed by atoms with Gasteiger partial charge in [-0.1, -0.05) is 34.5 Å². The maximum Gasteiger partial charge on any atom is 0.306 e. The number of Topliss-reactive ketones (excluding diaryl/α,β-unsaturated/α-hetero) is 1. The highest BCUT2D eigenvalue weighted by atomic mass is 79.9. The highest BCUT2D eigenvalue weighted by Crippen LogP contribution is 2.49. The molecule has 3 atom stereocenters. The molecule has 112 valence electrons. The van der Waals surface area contributed by atoms with Crippen LogP contribution in [0.25, 0.3) is 0 Å². The van der Waals surface area contributed by atoms with Crippen molar-refractivity contribution in [3.05, 3.63) is 34.3 Å². The molecule has 0 radical (unpaired) electrons. The van der Waals surface area contributed by atoms with Crippen LogP contribution in [-0.2, 0) is 9.53 Å². The molecule has 2 bridgehead atoms. The lowest BCUT2D eigenvalue weighted by Crippen LogP contribution is -2.19. The van der Waals surface area contributed by atoms with E-state index in [2.05, 4.69) is 15.9 Å². The molecule has 0 aliphatic heterocycles. The summed E-state index contributed by atoms with van der Waals surface area (Å²) in [5, 5.41) is 0. The number of ketones is 1. The number of esters is 1. The van der Waals surface area contributed by atoms with Crippen LogP contribution in [0, 0.1) is 17.8 Å². The van der Waals surface area contributed by atoms with Gasteiger partial charge >= 0.3 is 5.97 Å². The van der Waals surface area contributed by atoms with Crippen LogP contribution in [0.3, 0.4) is 0 Å². The Morgan fingerprint density at radius 1 is 1.24 bits per heavy atom. The summed E-state index contributed by atoms with van der Waals surface area (Å²) in [6.45, 7) is -0.157. The molecule has 3 nitrogen and oxygen atoms in total. The zero-order chi connectivity index (χ0) is 14.8. The normalized spacial score (nSPS) is 26.8. The zero-order valence-electron chi connectivity index (χ0n) is 11.9. The van der Waals surface area contributed by atoms with Gasteiger partial charge in [0.05, 0.1) is 0 Å². The van der Waals surface area contributed by atoms with Gasteiger partial charge in [0.25, 0.3) is 0 Å². The first-order chi connectivity index (χ1) is 10.1. The fourth-order valence-electron chi connectivity index (χ4n) is 3.79. The van der Waals surface area contributed by atoms with Crippen LogP contribution in [0.4, 0.5) is 0 Å². The zero-order valence-corrected chi connectivity index (χ0v) is 13.5. The minimum atomic E-state index is -0.226. The molecule has 4 heteroatoms. The number of carbonyl (C=O) groups excluding carboxylic acids is 2. The Hall–Kier alpha value is -1.16. The molecule has 1 aromatic carbocycles. The second kappa shape index (κ2) is 6.30. The molecule has 0 aromatic heterocycles. The van der Waals surface area contributed by atoms with E-state index in [0.717, 1.165) is 10.4 Å². The third-order valence-corrected chi connectivity index (χ3v) is 5.32. The molecule has 21 heavy (non-hydrogen) atoms. The van der Waals surface area contributed by atoms with Crippen LogP contribution < -0.4 is 0 Å². The first-order valence-electron chi connectivity index (χ1n) is 7.56. The number of carbonyl (C=O) groups is 2. The second-order valence-electron chi connectivity index (χ2n) is 6.23. The smallest absolute Gasteiger partial charge is 0.306 e. The van der Waals surface area contributed by atoms with Crippen molar-refractivity contribution in [1.82, 2.24) is 0 Å². The number of ether oxygens (including phenoxy) is 1. The number of hydrogen-bond acceptors (Lipinski definition) is 3. The van der Waals surface area contributed by atoms with Gasteiger partial charge in [0.2, 0.25) is 0 Å². The minimum absolute atomic E-state index is 0.155. The standard InChI is InChI=1S/C17H19BrO3/c18-15-3-1-2-13(8-15)16(19)10-21-17(20)9-14-7-11-4-5-12(14)6-11/h1-3,8,11-12,14H,4-7,9-10H2. The summed E-state index contributed by atoms with van der Waals surface area (Å²) in [5.41, 5.74) is 0.567. The Bertz CT molecular complexity index is 555. The summed E-state index contributed by atoms with van der Waals surface area (Å²) < 4.78 is 6.01. The van der Waals surface area contributed by atoms with E-state index in [1.807, 2.05) is 6.07 Å². The highest BCUT2D eigenvalue weighted by molar-refractivity contribution is 9.10. The van der Waals surface area contributed by atoms with Gasteiger partial charge in [0.15, 0.2) is 12.4 Å². The van der Waals surface area contributed by atoms with Crippen molar-refractivity contribution in [3.8, 4) is 0 Å². The molecular formula is C17H19BrO3. The molecule has 2 aliphatic carbocycles. The molecule has 0 amide bonds. The van der Waals surface area contributed by atoms with E-state index >= 15 is 0 Å². The van der Waals surface area contributed by atoms with Crippen molar-refractivity contribution in [3.63, 3.8) is 0 Å². The van der Waals surface area contributed by atoms with Gasteiger partial charge in [-0.05, 0) is 49.1 Å². The molecule has 0 heterocycles. The average Bonchev–Trinajstić information content (AvgIpc) is 3.07. The molecule has 2 fully saturated rings. The summed E-state index contributed by atoms with van der Waals surface area (Å²) in [6.07, 6.45) is 5.53. The van der Waals surface area contributed by atoms with E-state index in [4.69, 9.17) is 4.74 Å². The first-order valence-corrected chi connectivity index (χ1v) is 8.35. The van der Waals surface area contributed by atoms with E-state index in [1.54, 1.807) is 18.2 Å². The topological polar surface area (TPSA) is 43.4 Å². The van der Waals surface area contributed by atoms with Crippen LogP contribution in [0.15, 0.2) is 28.7 Å². The van der Waals surface area contributed by atoms with E-state index in [0.29, 0.717) is 23.8 Å². The predicted molar refractivity (Wildman–Crippen MR) is 83.0 cm³/mol. The molecule has 2 saturated carbocycles. The summed E-state index contributed by atoms with van der Waals surface area (Å²) in [4.78, 5) is 23.9. The summed E-state index contributed by atoms with van der Waals surface area (Å²) in [6, 6.07) is 7.13. The fourth-order valence-corrected chi connectivity index (χ4v) is 4.19. The van der Waals surface area contributed by atoms with Crippen LogP contribution in [0.2, 0.25) is 0 Å². The van der Waals surface area contributed by atoms with Crippen molar-refractivity contribution >= 4 is 27.7 Å². The summed E-state index contributed by atoms with van der Waals surface area (Å²) in [7, 11) is 0. The van der Waals surface area contributed by atoms with Gasteiger partial charge in [0.1, 0.15) is 0 Å². The Balaban J connectivity index is 1.46. The Morgan fingerprint density at radius 3 is 2.76 bits per heavy atom. The molecule has 0 saturated heterocycles. The molecule has 2 aliphatic rings. The van der Waals surface area contributed by atoms with E-state index < -0.39 is 0 Å². The monoisotopic (exact) mass is 350 g/mol. The van der Waals surface area contributed by atoms with Crippen molar-refractivity contribution < 1.29 is 14.3 Å². The molecule has 3 rings (SSSR count). The van der Waals surface area contributed by atoms with E-state index in [-0.39, 0.29) is 18.4 Å². The molecule has 1 aromatic rings. The lowest BCUT2D eigenvalue weighted by molar-refractivity contribution is -0.144. The van der Waals surface area contributed by atoms with Crippen LogP contribution in [-0.4, -0.2) is 18.4 Å². The van der Waals surface area contributed by atoms with Gasteiger partial charge in [-0.2, -0.15) is 0 Å². The largest absolute Gasteiger partial charge is 0.457 e. The summed E-state index contributed by atoms with van der Waals surface area (Å²) >= 11 is 3.33. The maximum atomic E-state index is 12.0. The molecule has 0 spiro atoms. The first kappa shape index (κ1) is 14.8. The Morgan fingerprint density at radius 2 is 2.10 bits per heavy atom. The molecular weight excluding hydrogens is 332 g/mol. The number of hydrogen-bond donors (Lipinski definition) is 0. The van der Waals surface area contributed by atoms with Crippen LogP contribution in [0.1, 0.15) is 42.5 Å². The van der Waals surface area contributed by atoms with Gasteiger partial charge < -0.3 is 4.74 Å². The van der Waals surface area contributed by atoms with E-state index in [1.165, 1.54) is 25.7 Å². The quantitative estimate of drug-likeness (QED) is 0.595. The van der Waals surface area contributed by atoms with Gasteiger partial charge in [-0.15, -0.1) is 0 Å². The SMILES string of the molecule is O=C(CC1CC2CCC1C2)OCC(=O)c1cccc(Br)c1. The maximum absolute atomic E-state index is 12.0. The van der Waals surface area contributed by atoms with Crippen molar-refractivity contribution in [2.24, 2.45) is 17.8 Å². The Kier molecular flexibility index (Phi) is 4.43. The fraction of sp³-hybridized carbons (Fsp3) is 0.529. The molecule has 0 N–H and O–H groups in total. The Labute approximate surface area is 133 Å². The van der Waals surface area contributed by atoms with E-state index in [9.17, 15) is 9.59 Å². The van der Waals surface area contributed by atoms with Gasteiger partial charge in [-0.3, -0.25) is 9.59 Å². The summed E-state index contributed by atoms with van der Waals surface area (Å²) in [5.74, 6) is 1.64. The van der Waals surface area contributed by atoms with Crippen molar-refractivity contribution in [2.75, 3.05) is 6.61 Å². The highest BCUT2D eigenvalue weighted by Gasteiger charge is 2.40. The number of rotatable bonds is 5. The van der Waals surface area contributed by atoms with Gasteiger partial charge in [-0.25, -0.2) is 0 Å². The minimum Gasteiger partial charge on any atom is -0.457 e. The number of halogens is 1. The molecule has 3 unspecified atom stereocenters. The average molecular weight is 351 g/mol. The predicted octanol–water partition coefficient (Wildman–Crippen LogP) is 4.00. The second-order valence-corrected chi connectivity index (χ2v) is 7.15. The van der Waals surface area contributed by atoms with Gasteiger partial charge in [0, 0.05) is 16.5 Å². The van der Waals surface area contributed by atoms with Crippen LogP contribution >= 0.6 is 15.9 Å². The third-order valence-electron chi connectivity index (χ3n) is 4.82.